The third-order valence-corrected chi connectivity index (χ3v) is 3.13. The van der Waals surface area contributed by atoms with Crippen molar-refractivity contribution in [2.45, 2.75) is 13.0 Å². The van der Waals surface area contributed by atoms with Gasteiger partial charge < -0.3 is 15.6 Å². The molecule has 0 bridgehead atoms. The molecule has 2 aromatic rings. The third kappa shape index (κ3) is 2.41. The van der Waals surface area contributed by atoms with Crippen LogP contribution in [0.25, 0.3) is 0 Å². The summed E-state index contributed by atoms with van der Waals surface area (Å²) in [6.07, 6.45) is 3.28. The summed E-state index contributed by atoms with van der Waals surface area (Å²) in [5.41, 5.74) is 5.48. The average Bonchev–Trinajstić information content (AvgIpc) is 2.86. The Labute approximate surface area is 102 Å². The molecule has 3 N–H and O–H groups in total. The molecule has 2 rings (SSSR count). The predicted molar refractivity (Wildman–Crippen MR) is 63.4 cm³/mol. The third-order valence-electron chi connectivity index (χ3n) is 2.20. The number of imidazole rings is 1. The van der Waals surface area contributed by atoms with Crippen molar-refractivity contribution in [1.29, 1.82) is 0 Å². The minimum atomic E-state index is -0.251. The molecule has 90 valence electrons. The zero-order chi connectivity index (χ0) is 12.4. The van der Waals surface area contributed by atoms with Crippen LogP contribution in [0, 0.1) is 0 Å². The lowest BCUT2D eigenvalue weighted by molar-refractivity contribution is 0.0926. The highest BCUT2D eigenvalue weighted by molar-refractivity contribution is 7.15. The molecule has 2 aromatic heterocycles. The number of carbonyl (C=O) groups excluding carboxylic acids is 1. The fraction of sp³-hybridized carbons (Fsp3) is 0.333. The average molecular weight is 252 g/mol. The summed E-state index contributed by atoms with van der Waals surface area (Å²) in [7, 11) is 1.76. The van der Waals surface area contributed by atoms with E-state index < -0.39 is 0 Å². The molecule has 0 saturated carbocycles. The van der Waals surface area contributed by atoms with Crippen LogP contribution < -0.4 is 11.1 Å². The SMILES string of the molecule is C[C@H](NC(=O)c1nccn1C)c1nnc(N)s1. The summed E-state index contributed by atoms with van der Waals surface area (Å²) >= 11 is 1.25. The molecular formula is C9H12N6OS. The van der Waals surface area contributed by atoms with E-state index in [0.717, 1.165) is 0 Å². The molecule has 0 aliphatic carbocycles. The Morgan fingerprint density at radius 1 is 1.59 bits per heavy atom. The summed E-state index contributed by atoms with van der Waals surface area (Å²) in [5.74, 6) is 0.105. The highest BCUT2D eigenvalue weighted by Crippen LogP contribution is 2.18. The van der Waals surface area contributed by atoms with E-state index >= 15 is 0 Å². The molecule has 1 amide bonds. The molecule has 0 spiro atoms. The number of aryl methyl sites for hydroxylation is 1. The maximum absolute atomic E-state index is 11.8. The molecule has 0 aliphatic heterocycles. The Bertz CT molecular complexity index is 533. The van der Waals surface area contributed by atoms with E-state index in [0.29, 0.717) is 16.0 Å². The van der Waals surface area contributed by atoms with Crippen molar-refractivity contribution < 1.29 is 4.79 Å². The number of carbonyl (C=O) groups is 1. The minimum absolute atomic E-state index is 0.242. The smallest absolute Gasteiger partial charge is 0.287 e. The molecule has 0 aromatic carbocycles. The van der Waals surface area contributed by atoms with E-state index in [9.17, 15) is 4.79 Å². The van der Waals surface area contributed by atoms with Gasteiger partial charge in [0.2, 0.25) is 5.13 Å². The molecular weight excluding hydrogens is 240 g/mol. The Morgan fingerprint density at radius 3 is 2.88 bits per heavy atom. The number of hydrogen-bond acceptors (Lipinski definition) is 6. The van der Waals surface area contributed by atoms with E-state index in [1.54, 1.807) is 24.0 Å². The molecule has 0 unspecified atom stereocenters. The molecule has 0 fully saturated rings. The van der Waals surface area contributed by atoms with Crippen LogP contribution in [0.2, 0.25) is 0 Å². The number of aromatic nitrogens is 4. The number of nitrogens with one attached hydrogen (secondary N) is 1. The van der Waals surface area contributed by atoms with Crippen LogP contribution in [-0.2, 0) is 7.05 Å². The number of rotatable bonds is 3. The first kappa shape index (κ1) is 11.5. The van der Waals surface area contributed by atoms with Gasteiger partial charge in [-0.3, -0.25) is 4.79 Å². The van der Waals surface area contributed by atoms with Crippen LogP contribution in [0.15, 0.2) is 12.4 Å². The van der Waals surface area contributed by atoms with Crippen molar-refractivity contribution in [2.75, 3.05) is 5.73 Å². The fourth-order valence-corrected chi connectivity index (χ4v) is 1.94. The second-order valence-corrected chi connectivity index (χ2v) is 4.58. The summed E-state index contributed by atoms with van der Waals surface area (Å²) in [5, 5.41) is 11.4. The van der Waals surface area contributed by atoms with E-state index in [-0.39, 0.29) is 11.9 Å². The van der Waals surface area contributed by atoms with Crippen LogP contribution in [0.4, 0.5) is 5.13 Å². The van der Waals surface area contributed by atoms with Crippen LogP contribution >= 0.6 is 11.3 Å². The van der Waals surface area contributed by atoms with Gasteiger partial charge >= 0.3 is 0 Å². The van der Waals surface area contributed by atoms with Gasteiger partial charge in [0.1, 0.15) is 5.01 Å². The van der Waals surface area contributed by atoms with E-state index in [1.165, 1.54) is 11.3 Å². The van der Waals surface area contributed by atoms with E-state index in [2.05, 4.69) is 20.5 Å². The van der Waals surface area contributed by atoms with Gasteiger partial charge in [0.05, 0.1) is 6.04 Å². The lowest BCUT2D eigenvalue weighted by atomic mass is 10.3. The van der Waals surface area contributed by atoms with E-state index in [1.807, 2.05) is 6.92 Å². The van der Waals surface area contributed by atoms with Gasteiger partial charge in [0.25, 0.3) is 5.91 Å². The van der Waals surface area contributed by atoms with Crippen LogP contribution in [0.1, 0.15) is 28.6 Å². The number of amides is 1. The topological polar surface area (TPSA) is 98.7 Å². The van der Waals surface area contributed by atoms with Gasteiger partial charge in [-0.15, -0.1) is 10.2 Å². The van der Waals surface area contributed by atoms with Gasteiger partial charge in [-0.25, -0.2) is 4.98 Å². The second kappa shape index (κ2) is 4.50. The standard InChI is InChI=1S/C9H12N6OS/c1-5(8-13-14-9(10)17-8)12-7(16)6-11-3-4-15(6)2/h3-5H,1-2H3,(H2,10,14)(H,12,16)/t5-/m0/s1. The first-order valence-electron chi connectivity index (χ1n) is 4.95. The maximum atomic E-state index is 11.8. The second-order valence-electron chi connectivity index (χ2n) is 3.54. The van der Waals surface area contributed by atoms with Crippen molar-refractivity contribution in [2.24, 2.45) is 7.05 Å². The van der Waals surface area contributed by atoms with Crippen molar-refractivity contribution in [3.63, 3.8) is 0 Å². The Hall–Kier alpha value is -1.96. The zero-order valence-electron chi connectivity index (χ0n) is 9.41. The summed E-state index contributed by atoms with van der Waals surface area (Å²) in [6, 6.07) is -0.242. The number of nitrogens with zero attached hydrogens (tertiary/aromatic N) is 4. The van der Waals surface area contributed by atoms with Gasteiger partial charge in [-0.1, -0.05) is 11.3 Å². The van der Waals surface area contributed by atoms with Crippen LogP contribution in [-0.4, -0.2) is 25.7 Å². The summed E-state index contributed by atoms with van der Waals surface area (Å²) in [6.45, 7) is 1.82. The molecule has 7 nitrogen and oxygen atoms in total. The first-order valence-corrected chi connectivity index (χ1v) is 5.76. The maximum Gasteiger partial charge on any atom is 0.287 e. The Morgan fingerprint density at radius 2 is 2.35 bits per heavy atom. The quantitative estimate of drug-likeness (QED) is 0.821. The lowest BCUT2D eigenvalue weighted by Gasteiger charge is -2.09. The van der Waals surface area contributed by atoms with Gasteiger partial charge in [-0.05, 0) is 6.92 Å². The number of anilines is 1. The highest BCUT2D eigenvalue weighted by atomic mass is 32.1. The monoisotopic (exact) mass is 252 g/mol. The van der Waals surface area contributed by atoms with Crippen molar-refractivity contribution in [1.82, 2.24) is 25.1 Å². The van der Waals surface area contributed by atoms with Gasteiger partial charge in [0, 0.05) is 19.4 Å². The normalized spacial score (nSPS) is 12.4. The van der Waals surface area contributed by atoms with E-state index in [4.69, 9.17) is 5.73 Å². The van der Waals surface area contributed by atoms with Crippen molar-refractivity contribution in [3.8, 4) is 0 Å². The number of nitrogens with two attached hydrogens (primary N) is 1. The highest BCUT2D eigenvalue weighted by Gasteiger charge is 2.17. The molecule has 17 heavy (non-hydrogen) atoms. The largest absolute Gasteiger partial charge is 0.374 e. The molecule has 8 heteroatoms. The number of hydrogen-bond donors (Lipinski definition) is 2. The van der Waals surface area contributed by atoms with Crippen LogP contribution in [0.5, 0.6) is 0 Å². The zero-order valence-corrected chi connectivity index (χ0v) is 10.2. The molecule has 1 atom stereocenters. The van der Waals surface area contributed by atoms with Crippen molar-refractivity contribution in [3.05, 3.63) is 23.2 Å². The van der Waals surface area contributed by atoms with Gasteiger partial charge in [0.15, 0.2) is 5.82 Å². The Kier molecular flexibility index (Phi) is 3.05. The molecule has 0 radical (unpaired) electrons. The Balaban J connectivity index is 2.07. The predicted octanol–water partition coefficient (Wildman–Crippen LogP) is 0.345. The summed E-state index contributed by atoms with van der Waals surface area (Å²) in [4.78, 5) is 15.8. The minimum Gasteiger partial charge on any atom is -0.374 e. The van der Waals surface area contributed by atoms with Crippen molar-refractivity contribution >= 4 is 22.4 Å². The van der Waals surface area contributed by atoms with Gasteiger partial charge in [-0.2, -0.15) is 0 Å². The molecule has 2 heterocycles. The lowest BCUT2D eigenvalue weighted by Crippen LogP contribution is -2.28. The molecule has 0 aliphatic rings. The molecule has 0 saturated heterocycles. The summed E-state index contributed by atoms with van der Waals surface area (Å²) < 4.78 is 1.65. The van der Waals surface area contributed by atoms with Crippen LogP contribution in [0.3, 0.4) is 0 Å². The number of nitrogen functional groups attached to an aromatic ring is 1. The first-order chi connectivity index (χ1) is 8.08. The fourth-order valence-electron chi connectivity index (χ4n) is 1.33.